The van der Waals surface area contributed by atoms with E-state index in [4.69, 9.17) is 0 Å². The van der Waals surface area contributed by atoms with E-state index in [0.29, 0.717) is 17.9 Å². The largest absolute Gasteiger partial charge is 0.344 e. The van der Waals surface area contributed by atoms with Crippen molar-refractivity contribution >= 4 is 33.2 Å². The fourth-order valence-corrected chi connectivity index (χ4v) is 3.38. The van der Waals surface area contributed by atoms with E-state index in [1.807, 2.05) is 0 Å². The Balaban J connectivity index is 2.21. The molecule has 0 fully saturated rings. The molecule has 8 heteroatoms. The summed E-state index contributed by atoms with van der Waals surface area (Å²) in [4.78, 5) is 23.3. The van der Waals surface area contributed by atoms with Gasteiger partial charge in [0.05, 0.1) is 11.9 Å². The van der Waals surface area contributed by atoms with Crippen LogP contribution in [0.5, 0.6) is 0 Å². The summed E-state index contributed by atoms with van der Waals surface area (Å²) in [5.41, 5.74) is 1.82. The van der Waals surface area contributed by atoms with Crippen LogP contribution in [0.15, 0.2) is 30.9 Å². The zero-order valence-electron chi connectivity index (χ0n) is 12.8. The van der Waals surface area contributed by atoms with Gasteiger partial charge in [0.1, 0.15) is 0 Å². The minimum Gasteiger partial charge on any atom is -0.344 e. The van der Waals surface area contributed by atoms with Crippen LogP contribution in [0.25, 0.3) is 0 Å². The van der Waals surface area contributed by atoms with E-state index in [1.54, 1.807) is 18.2 Å². The highest BCUT2D eigenvalue weighted by molar-refractivity contribution is 7.92. The van der Waals surface area contributed by atoms with Gasteiger partial charge in [-0.05, 0) is 30.5 Å². The van der Waals surface area contributed by atoms with Crippen LogP contribution in [0.4, 0.5) is 11.4 Å². The van der Waals surface area contributed by atoms with E-state index in [-0.39, 0.29) is 6.54 Å². The Labute approximate surface area is 135 Å². The zero-order valence-corrected chi connectivity index (χ0v) is 13.6. The van der Waals surface area contributed by atoms with Gasteiger partial charge in [-0.25, -0.2) is 8.42 Å². The normalized spacial score (nSPS) is 13.9. The van der Waals surface area contributed by atoms with Crippen molar-refractivity contribution in [3.63, 3.8) is 0 Å². The van der Waals surface area contributed by atoms with Gasteiger partial charge >= 0.3 is 11.8 Å². The maximum atomic E-state index is 11.9. The number of hydrogen-bond acceptors (Lipinski definition) is 4. The van der Waals surface area contributed by atoms with Crippen LogP contribution in [0.3, 0.4) is 0 Å². The first-order chi connectivity index (χ1) is 10.8. The molecule has 0 aliphatic carbocycles. The summed E-state index contributed by atoms with van der Waals surface area (Å²) >= 11 is 0. The highest BCUT2D eigenvalue weighted by Crippen LogP contribution is 2.31. The van der Waals surface area contributed by atoms with Gasteiger partial charge in [0, 0.05) is 18.8 Å². The van der Waals surface area contributed by atoms with Crippen molar-refractivity contribution in [2.45, 2.75) is 12.8 Å². The van der Waals surface area contributed by atoms with Crippen LogP contribution in [-0.4, -0.2) is 39.6 Å². The second-order valence-electron chi connectivity index (χ2n) is 5.23. The molecule has 0 saturated heterocycles. The van der Waals surface area contributed by atoms with Crippen LogP contribution >= 0.6 is 0 Å². The van der Waals surface area contributed by atoms with Gasteiger partial charge in [0.2, 0.25) is 10.0 Å². The lowest BCUT2D eigenvalue weighted by atomic mass is 10.0. The van der Waals surface area contributed by atoms with Crippen molar-refractivity contribution in [3.8, 4) is 0 Å². The molecule has 0 bridgehead atoms. The molecule has 1 aliphatic heterocycles. The predicted octanol–water partition coefficient (Wildman–Crippen LogP) is 0.639. The number of nitrogens with zero attached hydrogens (tertiary/aromatic N) is 1. The van der Waals surface area contributed by atoms with E-state index in [1.165, 1.54) is 10.4 Å². The lowest BCUT2D eigenvalue weighted by Gasteiger charge is -2.29. The number of hydrogen-bond donors (Lipinski definition) is 2. The van der Waals surface area contributed by atoms with Crippen molar-refractivity contribution in [1.82, 2.24) is 5.32 Å². The molecule has 2 rings (SSSR count). The molecule has 0 radical (unpaired) electrons. The minimum atomic E-state index is -3.38. The van der Waals surface area contributed by atoms with Crippen LogP contribution in [0, 0.1) is 0 Å². The molecule has 0 saturated carbocycles. The molecule has 1 aromatic rings. The number of carbonyl (C=O) groups excluding carboxylic acids is 2. The molecule has 1 aromatic carbocycles. The third-order valence-corrected chi connectivity index (χ3v) is 4.61. The molecule has 0 aromatic heterocycles. The summed E-state index contributed by atoms with van der Waals surface area (Å²) in [7, 11) is -3.38. The maximum Gasteiger partial charge on any atom is 0.313 e. The summed E-state index contributed by atoms with van der Waals surface area (Å²) in [6.45, 7) is 4.05. The Morgan fingerprint density at radius 1 is 1.35 bits per heavy atom. The SMILES string of the molecule is C=CCNC(=O)C(=O)Nc1ccc2c(c1)N(S(C)(=O)=O)CCC2. The smallest absolute Gasteiger partial charge is 0.313 e. The van der Waals surface area contributed by atoms with Crippen LogP contribution in [0.2, 0.25) is 0 Å². The number of benzene rings is 1. The summed E-state index contributed by atoms with van der Waals surface area (Å²) in [6.07, 6.45) is 4.13. The average molecular weight is 337 g/mol. The van der Waals surface area contributed by atoms with Crippen molar-refractivity contribution in [2.24, 2.45) is 0 Å². The summed E-state index contributed by atoms with van der Waals surface area (Å²) in [5.74, 6) is -1.59. The number of fused-ring (bicyclic) bond motifs is 1. The minimum absolute atomic E-state index is 0.193. The molecule has 0 spiro atoms. The number of amides is 2. The van der Waals surface area contributed by atoms with Crippen molar-refractivity contribution < 1.29 is 18.0 Å². The third kappa shape index (κ3) is 4.10. The fraction of sp³-hybridized carbons (Fsp3) is 0.333. The first kappa shape index (κ1) is 17.0. The monoisotopic (exact) mass is 337 g/mol. The van der Waals surface area contributed by atoms with Crippen LogP contribution in [-0.2, 0) is 26.0 Å². The Morgan fingerprint density at radius 2 is 2.09 bits per heavy atom. The molecular formula is C15H19N3O4S. The van der Waals surface area contributed by atoms with Gasteiger partial charge in [0.15, 0.2) is 0 Å². The predicted molar refractivity (Wildman–Crippen MR) is 88.8 cm³/mol. The van der Waals surface area contributed by atoms with Gasteiger partial charge in [-0.3, -0.25) is 13.9 Å². The molecule has 7 nitrogen and oxygen atoms in total. The highest BCUT2D eigenvalue weighted by atomic mass is 32.2. The summed E-state index contributed by atoms with van der Waals surface area (Å²) < 4.78 is 25.1. The topological polar surface area (TPSA) is 95.6 Å². The highest BCUT2D eigenvalue weighted by Gasteiger charge is 2.24. The first-order valence-electron chi connectivity index (χ1n) is 7.13. The first-order valence-corrected chi connectivity index (χ1v) is 8.98. The second kappa shape index (κ2) is 6.82. The molecule has 2 amide bonds. The molecule has 2 N–H and O–H groups in total. The van der Waals surface area contributed by atoms with E-state index in [0.717, 1.165) is 24.7 Å². The lowest BCUT2D eigenvalue weighted by molar-refractivity contribution is -0.136. The average Bonchev–Trinajstić information content (AvgIpc) is 2.50. The number of carbonyl (C=O) groups is 2. The third-order valence-electron chi connectivity index (χ3n) is 3.43. The van der Waals surface area contributed by atoms with Crippen molar-refractivity contribution in [2.75, 3.05) is 29.0 Å². The number of anilines is 2. The zero-order chi connectivity index (χ0) is 17.0. The van der Waals surface area contributed by atoms with Crippen LogP contribution in [0.1, 0.15) is 12.0 Å². The van der Waals surface area contributed by atoms with Gasteiger partial charge in [-0.15, -0.1) is 6.58 Å². The maximum absolute atomic E-state index is 11.9. The number of aryl methyl sites for hydroxylation is 1. The second-order valence-corrected chi connectivity index (χ2v) is 7.14. The molecule has 124 valence electrons. The van der Waals surface area contributed by atoms with Gasteiger partial charge < -0.3 is 10.6 Å². The number of sulfonamides is 1. The molecule has 23 heavy (non-hydrogen) atoms. The Morgan fingerprint density at radius 3 is 2.74 bits per heavy atom. The van der Waals surface area contributed by atoms with Gasteiger partial charge in [-0.1, -0.05) is 12.1 Å². The fourth-order valence-electron chi connectivity index (χ4n) is 2.40. The molecular weight excluding hydrogens is 318 g/mol. The van der Waals surface area contributed by atoms with E-state index in [2.05, 4.69) is 17.2 Å². The van der Waals surface area contributed by atoms with E-state index < -0.39 is 21.8 Å². The van der Waals surface area contributed by atoms with Crippen LogP contribution < -0.4 is 14.9 Å². The van der Waals surface area contributed by atoms with E-state index >= 15 is 0 Å². The number of nitrogens with one attached hydrogen (secondary N) is 2. The van der Waals surface area contributed by atoms with E-state index in [9.17, 15) is 18.0 Å². The number of rotatable bonds is 4. The quantitative estimate of drug-likeness (QED) is 0.622. The Kier molecular flexibility index (Phi) is 5.05. The standard InChI is InChI=1S/C15H19N3O4S/c1-3-8-16-14(19)15(20)17-12-7-6-11-5-4-9-18(13(11)10-12)23(2,21)22/h3,6-7,10H,1,4-5,8-9H2,2H3,(H,16,19)(H,17,20). The molecule has 0 atom stereocenters. The van der Waals surface area contributed by atoms with Gasteiger partial charge in [0.25, 0.3) is 0 Å². The molecule has 1 aliphatic rings. The summed E-state index contributed by atoms with van der Waals surface area (Å²) in [5, 5.41) is 4.84. The van der Waals surface area contributed by atoms with Crippen molar-refractivity contribution in [3.05, 3.63) is 36.4 Å². The molecule has 1 heterocycles. The Hall–Kier alpha value is -2.35. The van der Waals surface area contributed by atoms with Crippen molar-refractivity contribution in [1.29, 1.82) is 0 Å². The molecule has 0 unspecified atom stereocenters. The Bertz CT molecular complexity index is 743. The van der Waals surface area contributed by atoms with Gasteiger partial charge in [-0.2, -0.15) is 0 Å². The lowest BCUT2D eigenvalue weighted by Crippen LogP contribution is -2.36. The summed E-state index contributed by atoms with van der Waals surface area (Å²) in [6, 6.07) is 5.00.